The Morgan fingerprint density at radius 1 is 0.929 bits per heavy atom. The van der Waals surface area contributed by atoms with Crippen molar-refractivity contribution in [2.45, 2.75) is 0 Å². The molecule has 0 spiro atoms. The number of hydrazone groups is 1. The fourth-order valence-corrected chi connectivity index (χ4v) is 3.29. The minimum Gasteiger partial charge on any atom is -0.493 e. The summed E-state index contributed by atoms with van der Waals surface area (Å²) in [5.74, 6) is 2.61. The maximum absolute atomic E-state index is 5.39. The summed E-state index contributed by atoms with van der Waals surface area (Å²) in [6, 6.07) is 11.3. The molecule has 1 heterocycles. The van der Waals surface area contributed by atoms with Crippen LogP contribution in [0.4, 0.5) is 5.13 Å². The van der Waals surface area contributed by atoms with Gasteiger partial charge >= 0.3 is 0 Å². The zero-order chi connectivity index (χ0) is 19.9. The third-order valence-corrected chi connectivity index (χ3v) is 4.73. The van der Waals surface area contributed by atoms with Crippen molar-refractivity contribution in [1.82, 2.24) is 4.98 Å². The summed E-state index contributed by atoms with van der Waals surface area (Å²) in [7, 11) is 6.41. The van der Waals surface area contributed by atoms with Gasteiger partial charge in [-0.15, -0.1) is 11.3 Å². The van der Waals surface area contributed by atoms with Crippen LogP contribution in [0.15, 0.2) is 46.9 Å². The topological polar surface area (TPSA) is 74.2 Å². The van der Waals surface area contributed by atoms with Crippen molar-refractivity contribution in [3.63, 3.8) is 0 Å². The van der Waals surface area contributed by atoms with Crippen molar-refractivity contribution in [3.8, 4) is 34.3 Å². The minimum atomic E-state index is 0.626. The molecule has 2 aromatic carbocycles. The Kier molecular flexibility index (Phi) is 6.33. The van der Waals surface area contributed by atoms with E-state index in [0.717, 1.165) is 16.8 Å². The summed E-state index contributed by atoms with van der Waals surface area (Å²) < 4.78 is 21.3. The van der Waals surface area contributed by atoms with E-state index in [9.17, 15) is 0 Å². The van der Waals surface area contributed by atoms with E-state index < -0.39 is 0 Å². The van der Waals surface area contributed by atoms with Crippen LogP contribution in [-0.2, 0) is 0 Å². The van der Waals surface area contributed by atoms with Crippen molar-refractivity contribution in [1.29, 1.82) is 0 Å². The Labute approximate surface area is 167 Å². The zero-order valence-electron chi connectivity index (χ0n) is 16.1. The highest BCUT2D eigenvalue weighted by Crippen LogP contribution is 2.33. The van der Waals surface area contributed by atoms with Gasteiger partial charge in [-0.2, -0.15) is 5.10 Å². The molecule has 8 heteroatoms. The molecule has 0 fully saturated rings. The molecule has 146 valence electrons. The second-order valence-corrected chi connectivity index (χ2v) is 6.42. The minimum absolute atomic E-state index is 0.626. The first kappa shape index (κ1) is 19.5. The molecule has 1 aromatic heterocycles. The molecule has 1 N–H and O–H groups in total. The molecule has 28 heavy (non-hydrogen) atoms. The molecule has 7 nitrogen and oxygen atoms in total. The molecule has 3 aromatic rings. The zero-order valence-corrected chi connectivity index (χ0v) is 16.9. The van der Waals surface area contributed by atoms with Crippen molar-refractivity contribution in [2.75, 3.05) is 33.9 Å². The predicted molar refractivity (Wildman–Crippen MR) is 111 cm³/mol. The van der Waals surface area contributed by atoms with Crippen LogP contribution in [0, 0.1) is 0 Å². The fraction of sp³-hybridized carbons (Fsp3) is 0.200. The third kappa shape index (κ3) is 4.17. The lowest BCUT2D eigenvalue weighted by Gasteiger charge is -2.09. The molecule has 0 saturated carbocycles. The number of anilines is 1. The number of nitrogens with zero attached hydrogens (tertiary/aromatic N) is 2. The molecule has 0 amide bonds. The first-order valence-corrected chi connectivity index (χ1v) is 9.26. The molecule has 0 aliphatic heterocycles. The molecule has 0 atom stereocenters. The Bertz CT molecular complexity index is 972. The molecule has 0 aliphatic carbocycles. The summed E-state index contributed by atoms with van der Waals surface area (Å²) >= 11 is 1.46. The van der Waals surface area contributed by atoms with Crippen LogP contribution < -0.4 is 24.4 Å². The number of rotatable bonds is 8. The summed E-state index contributed by atoms with van der Waals surface area (Å²) in [5, 5.41) is 6.88. The average Bonchev–Trinajstić information content (AvgIpc) is 3.21. The number of benzene rings is 2. The highest BCUT2D eigenvalue weighted by atomic mass is 32.1. The number of ether oxygens (including phenoxy) is 4. The van der Waals surface area contributed by atoms with Gasteiger partial charge in [-0.3, -0.25) is 5.43 Å². The third-order valence-electron chi connectivity index (χ3n) is 3.98. The lowest BCUT2D eigenvalue weighted by Crippen LogP contribution is -1.96. The average molecular weight is 399 g/mol. The van der Waals surface area contributed by atoms with E-state index in [1.165, 1.54) is 11.3 Å². The van der Waals surface area contributed by atoms with Gasteiger partial charge in [0.25, 0.3) is 0 Å². The van der Waals surface area contributed by atoms with Gasteiger partial charge in [-0.25, -0.2) is 4.98 Å². The SMILES string of the molecule is COc1ccc(-c2csc(N/N=C\c3cccc(OC)c3OC)n2)cc1OC. The number of hydrogen-bond acceptors (Lipinski definition) is 8. The lowest BCUT2D eigenvalue weighted by atomic mass is 10.1. The number of methoxy groups -OCH3 is 4. The van der Waals surface area contributed by atoms with Gasteiger partial charge in [0.2, 0.25) is 5.13 Å². The molecular formula is C20H21N3O4S. The van der Waals surface area contributed by atoms with Gasteiger partial charge in [0.05, 0.1) is 40.3 Å². The fourth-order valence-electron chi connectivity index (χ4n) is 2.62. The van der Waals surface area contributed by atoms with E-state index in [0.29, 0.717) is 28.1 Å². The van der Waals surface area contributed by atoms with Gasteiger partial charge in [-0.05, 0) is 30.3 Å². The number of thiazole rings is 1. The number of hydrogen-bond donors (Lipinski definition) is 1. The molecule has 0 aliphatic rings. The standard InChI is InChI=1S/C20H21N3O4S/c1-24-16-9-8-13(10-18(16)26-3)15-12-28-20(22-15)23-21-11-14-6-5-7-17(25-2)19(14)27-4/h5-12H,1-4H3,(H,22,23)/b21-11-. The number of aromatic nitrogens is 1. The van der Waals surface area contributed by atoms with Crippen LogP contribution >= 0.6 is 11.3 Å². The predicted octanol–water partition coefficient (Wildman–Crippen LogP) is 4.29. The van der Waals surface area contributed by atoms with Crippen molar-refractivity contribution >= 4 is 22.7 Å². The molecule has 0 bridgehead atoms. The van der Waals surface area contributed by atoms with E-state index in [4.69, 9.17) is 18.9 Å². The van der Waals surface area contributed by atoms with Crippen LogP contribution in [0.5, 0.6) is 23.0 Å². The normalized spacial score (nSPS) is 10.7. The summed E-state index contributed by atoms with van der Waals surface area (Å²) in [6.07, 6.45) is 1.67. The van der Waals surface area contributed by atoms with Gasteiger partial charge in [0.1, 0.15) is 0 Å². The lowest BCUT2D eigenvalue weighted by molar-refractivity contribution is 0.354. The quantitative estimate of drug-likeness (QED) is 0.450. The number of para-hydroxylation sites is 1. The van der Waals surface area contributed by atoms with Gasteiger partial charge in [-0.1, -0.05) is 6.07 Å². The van der Waals surface area contributed by atoms with Gasteiger partial charge < -0.3 is 18.9 Å². The Balaban J connectivity index is 1.75. The first-order chi connectivity index (χ1) is 13.7. The van der Waals surface area contributed by atoms with E-state index >= 15 is 0 Å². The summed E-state index contributed by atoms with van der Waals surface area (Å²) in [6.45, 7) is 0. The van der Waals surface area contributed by atoms with Gasteiger partial charge in [0, 0.05) is 16.5 Å². The summed E-state index contributed by atoms with van der Waals surface area (Å²) in [5.41, 5.74) is 5.50. The number of nitrogens with one attached hydrogen (secondary N) is 1. The van der Waals surface area contributed by atoms with Crippen molar-refractivity contribution in [3.05, 3.63) is 47.3 Å². The van der Waals surface area contributed by atoms with E-state index in [2.05, 4.69) is 15.5 Å². The smallest absolute Gasteiger partial charge is 0.203 e. The summed E-state index contributed by atoms with van der Waals surface area (Å²) in [4.78, 5) is 4.56. The molecule has 0 unspecified atom stereocenters. The largest absolute Gasteiger partial charge is 0.493 e. The maximum atomic E-state index is 5.39. The first-order valence-electron chi connectivity index (χ1n) is 8.38. The van der Waals surface area contributed by atoms with E-state index in [-0.39, 0.29) is 0 Å². The van der Waals surface area contributed by atoms with Crippen molar-refractivity contribution in [2.24, 2.45) is 5.10 Å². The van der Waals surface area contributed by atoms with Crippen molar-refractivity contribution < 1.29 is 18.9 Å². The maximum Gasteiger partial charge on any atom is 0.203 e. The van der Waals surface area contributed by atoms with Crippen LogP contribution in [0.1, 0.15) is 5.56 Å². The highest BCUT2D eigenvalue weighted by Gasteiger charge is 2.10. The Morgan fingerprint density at radius 2 is 1.71 bits per heavy atom. The molecular weight excluding hydrogens is 378 g/mol. The Hall–Kier alpha value is -3.26. The van der Waals surface area contributed by atoms with E-state index in [1.54, 1.807) is 34.7 Å². The van der Waals surface area contributed by atoms with Gasteiger partial charge in [0.15, 0.2) is 23.0 Å². The monoisotopic (exact) mass is 399 g/mol. The van der Waals surface area contributed by atoms with Crippen LogP contribution in [0.25, 0.3) is 11.3 Å². The van der Waals surface area contributed by atoms with Crippen LogP contribution in [-0.4, -0.2) is 39.6 Å². The molecule has 3 rings (SSSR count). The second kappa shape index (κ2) is 9.09. The van der Waals surface area contributed by atoms with Crippen LogP contribution in [0.3, 0.4) is 0 Å². The second-order valence-electron chi connectivity index (χ2n) is 5.56. The molecule has 0 radical (unpaired) electrons. The molecule has 0 saturated heterocycles. The Morgan fingerprint density at radius 3 is 2.43 bits per heavy atom. The van der Waals surface area contributed by atoms with Crippen LogP contribution in [0.2, 0.25) is 0 Å². The van der Waals surface area contributed by atoms with E-state index in [1.807, 2.05) is 41.8 Å². The highest BCUT2D eigenvalue weighted by molar-refractivity contribution is 7.14.